The first-order chi connectivity index (χ1) is 12.9. The van der Waals surface area contributed by atoms with E-state index in [9.17, 15) is 8.42 Å². The number of aryl methyl sites for hydroxylation is 2. The van der Waals surface area contributed by atoms with E-state index in [0.717, 1.165) is 11.1 Å². The Labute approximate surface area is 159 Å². The molecule has 0 fully saturated rings. The van der Waals surface area contributed by atoms with Gasteiger partial charge in [0.1, 0.15) is 5.76 Å². The van der Waals surface area contributed by atoms with Gasteiger partial charge in [0.05, 0.1) is 17.2 Å². The van der Waals surface area contributed by atoms with Gasteiger partial charge in [-0.25, -0.2) is 4.98 Å². The molecule has 0 saturated carbocycles. The predicted molar refractivity (Wildman–Crippen MR) is 105 cm³/mol. The highest BCUT2D eigenvalue weighted by Gasteiger charge is 2.16. The van der Waals surface area contributed by atoms with Gasteiger partial charge in [0.2, 0.25) is 5.89 Å². The molecule has 2 aromatic carbocycles. The molecule has 0 N–H and O–H groups in total. The summed E-state index contributed by atoms with van der Waals surface area (Å²) in [7, 11) is -3.77. The van der Waals surface area contributed by atoms with Crippen LogP contribution in [0.25, 0.3) is 12.2 Å². The standard InChI is InChI=1S/C21H21NO4S/c1-16-8-11-19(12-9-16)27(23,24)25-15-14-20-17(2)26-21(22-20)13-10-18-6-4-3-5-7-18/h3-13H,14-15H2,1-2H3. The molecule has 3 aromatic rings. The van der Waals surface area contributed by atoms with E-state index in [-0.39, 0.29) is 11.5 Å². The Hall–Kier alpha value is -2.70. The molecular weight excluding hydrogens is 362 g/mol. The molecule has 140 valence electrons. The van der Waals surface area contributed by atoms with Crippen molar-refractivity contribution in [3.8, 4) is 0 Å². The van der Waals surface area contributed by atoms with E-state index in [1.54, 1.807) is 37.3 Å². The molecule has 0 amide bonds. The lowest BCUT2D eigenvalue weighted by Crippen LogP contribution is -2.09. The van der Waals surface area contributed by atoms with Gasteiger partial charge < -0.3 is 4.42 Å². The van der Waals surface area contributed by atoms with E-state index in [1.165, 1.54) is 0 Å². The van der Waals surface area contributed by atoms with Crippen molar-refractivity contribution in [1.29, 1.82) is 0 Å². The molecule has 3 rings (SSSR count). The zero-order chi connectivity index (χ0) is 19.3. The molecule has 0 bridgehead atoms. The Bertz CT molecular complexity index is 1020. The SMILES string of the molecule is Cc1ccc(S(=O)(=O)OCCc2nc(C=Cc3ccccc3)oc2C)cc1. The molecule has 0 aliphatic carbocycles. The third-order valence-electron chi connectivity index (χ3n) is 4.01. The van der Waals surface area contributed by atoms with E-state index in [1.807, 2.05) is 43.3 Å². The van der Waals surface area contributed by atoms with Crippen LogP contribution in [-0.2, 0) is 20.7 Å². The number of benzene rings is 2. The normalized spacial score (nSPS) is 11.9. The minimum Gasteiger partial charge on any atom is -0.442 e. The number of hydrogen-bond donors (Lipinski definition) is 0. The van der Waals surface area contributed by atoms with Gasteiger partial charge in [-0.3, -0.25) is 4.18 Å². The van der Waals surface area contributed by atoms with Crippen LogP contribution in [-0.4, -0.2) is 20.0 Å². The Morgan fingerprint density at radius 3 is 2.41 bits per heavy atom. The molecule has 0 unspecified atom stereocenters. The minimum atomic E-state index is -3.77. The summed E-state index contributed by atoms with van der Waals surface area (Å²) in [6.07, 6.45) is 4.04. The molecule has 0 radical (unpaired) electrons. The highest BCUT2D eigenvalue weighted by atomic mass is 32.2. The van der Waals surface area contributed by atoms with Crippen molar-refractivity contribution in [3.63, 3.8) is 0 Å². The van der Waals surface area contributed by atoms with E-state index in [2.05, 4.69) is 4.98 Å². The number of rotatable bonds is 7. The summed E-state index contributed by atoms with van der Waals surface area (Å²) in [5, 5.41) is 0. The van der Waals surface area contributed by atoms with Crippen LogP contribution in [0.1, 0.15) is 28.5 Å². The van der Waals surface area contributed by atoms with Gasteiger partial charge in [-0.15, -0.1) is 0 Å². The van der Waals surface area contributed by atoms with E-state index in [4.69, 9.17) is 8.60 Å². The summed E-state index contributed by atoms with van der Waals surface area (Å²) in [4.78, 5) is 4.55. The lowest BCUT2D eigenvalue weighted by atomic mass is 10.2. The fourth-order valence-corrected chi connectivity index (χ4v) is 3.41. The van der Waals surface area contributed by atoms with Crippen molar-refractivity contribution in [1.82, 2.24) is 4.98 Å². The largest absolute Gasteiger partial charge is 0.442 e. The summed E-state index contributed by atoms with van der Waals surface area (Å²) < 4.78 is 35.2. The second kappa shape index (κ2) is 8.33. The second-order valence-corrected chi connectivity index (χ2v) is 7.75. The molecule has 0 saturated heterocycles. The highest BCUT2D eigenvalue weighted by molar-refractivity contribution is 7.86. The van der Waals surface area contributed by atoms with Crippen molar-refractivity contribution >= 4 is 22.3 Å². The highest BCUT2D eigenvalue weighted by Crippen LogP contribution is 2.16. The number of aromatic nitrogens is 1. The molecule has 5 nitrogen and oxygen atoms in total. The zero-order valence-corrected chi connectivity index (χ0v) is 16.1. The lowest BCUT2D eigenvalue weighted by Gasteiger charge is -2.05. The minimum absolute atomic E-state index is 0.00538. The fourth-order valence-electron chi connectivity index (χ4n) is 2.51. The fraction of sp³-hybridized carbons (Fsp3) is 0.190. The summed E-state index contributed by atoms with van der Waals surface area (Å²) in [5.41, 5.74) is 2.72. The summed E-state index contributed by atoms with van der Waals surface area (Å²) in [5.74, 6) is 1.13. The van der Waals surface area contributed by atoms with Gasteiger partial charge >= 0.3 is 0 Å². The van der Waals surface area contributed by atoms with E-state index in [0.29, 0.717) is 23.8 Å². The monoisotopic (exact) mass is 383 g/mol. The molecule has 0 atom stereocenters. The smallest absolute Gasteiger partial charge is 0.296 e. The Balaban J connectivity index is 1.61. The summed E-state index contributed by atoms with van der Waals surface area (Å²) in [6, 6.07) is 16.4. The van der Waals surface area contributed by atoms with Crippen molar-refractivity contribution in [2.24, 2.45) is 0 Å². The number of hydrogen-bond acceptors (Lipinski definition) is 5. The quantitative estimate of drug-likeness (QED) is 0.565. The van der Waals surface area contributed by atoms with Gasteiger partial charge in [0, 0.05) is 12.5 Å². The van der Waals surface area contributed by atoms with Gasteiger partial charge in [-0.1, -0.05) is 48.0 Å². The van der Waals surface area contributed by atoms with Gasteiger partial charge in [-0.05, 0) is 37.6 Å². The van der Waals surface area contributed by atoms with Gasteiger partial charge in [0.25, 0.3) is 10.1 Å². The van der Waals surface area contributed by atoms with Gasteiger partial charge in [-0.2, -0.15) is 8.42 Å². The van der Waals surface area contributed by atoms with E-state index >= 15 is 0 Å². The average Bonchev–Trinajstić information content (AvgIpc) is 3.01. The maximum Gasteiger partial charge on any atom is 0.296 e. The van der Waals surface area contributed by atoms with Crippen molar-refractivity contribution in [2.75, 3.05) is 6.61 Å². The van der Waals surface area contributed by atoms with Crippen molar-refractivity contribution < 1.29 is 17.0 Å². The molecule has 0 aliphatic heterocycles. The first-order valence-corrected chi connectivity index (χ1v) is 10.0. The molecular formula is C21H21NO4S. The first-order valence-electron chi connectivity index (χ1n) is 8.59. The molecule has 6 heteroatoms. The van der Waals surface area contributed by atoms with Crippen LogP contribution >= 0.6 is 0 Å². The van der Waals surface area contributed by atoms with Crippen LogP contribution in [0, 0.1) is 13.8 Å². The molecule has 0 aliphatic rings. The maximum absolute atomic E-state index is 12.2. The van der Waals surface area contributed by atoms with Crippen LogP contribution in [0.3, 0.4) is 0 Å². The van der Waals surface area contributed by atoms with Crippen LogP contribution in [0.5, 0.6) is 0 Å². The molecule has 1 heterocycles. The van der Waals surface area contributed by atoms with Crippen molar-refractivity contribution in [3.05, 3.63) is 83.1 Å². The zero-order valence-electron chi connectivity index (χ0n) is 15.3. The third kappa shape index (κ3) is 5.15. The van der Waals surface area contributed by atoms with Crippen LogP contribution < -0.4 is 0 Å². The lowest BCUT2D eigenvalue weighted by molar-refractivity contribution is 0.320. The number of nitrogens with zero attached hydrogens (tertiary/aromatic N) is 1. The average molecular weight is 383 g/mol. The van der Waals surface area contributed by atoms with Crippen LogP contribution in [0.2, 0.25) is 0 Å². The number of oxazole rings is 1. The first kappa shape index (κ1) is 19.1. The Morgan fingerprint density at radius 2 is 1.70 bits per heavy atom. The van der Waals surface area contributed by atoms with Gasteiger partial charge in [0.15, 0.2) is 0 Å². The predicted octanol–water partition coefficient (Wildman–Crippen LogP) is 4.41. The summed E-state index contributed by atoms with van der Waals surface area (Å²) in [6.45, 7) is 3.70. The summed E-state index contributed by atoms with van der Waals surface area (Å²) >= 11 is 0. The second-order valence-electron chi connectivity index (χ2n) is 6.14. The molecule has 1 aromatic heterocycles. The Morgan fingerprint density at radius 1 is 1.00 bits per heavy atom. The molecule has 27 heavy (non-hydrogen) atoms. The topological polar surface area (TPSA) is 69.4 Å². The third-order valence-corrected chi connectivity index (χ3v) is 5.34. The van der Waals surface area contributed by atoms with Crippen LogP contribution in [0.4, 0.5) is 0 Å². The van der Waals surface area contributed by atoms with Crippen LogP contribution in [0.15, 0.2) is 63.9 Å². The molecule has 0 spiro atoms. The Kier molecular flexibility index (Phi) is 5.88. The van der Waals surface area contributed by atoms with Crippen molar-refractivity contribution in [2.45, 2.75) is 25.2 Å². The van der Waals surface area contributed by atoms with E-state index < -0.39 is 10.1 Å². The maximum atomic E-state index is 12.2.